The smallest absolute Gasteiger partial charge is 0.229 e. The molecule has 0 unspecified atom stereocenters. The van der Waals surface area contributed by atoms with E-state index in [-0.39, 0.29) is 24.0 Å². The van der Waals surface area contributed by atoms with E-state index in [2.05, 4.69) is 5.32 Å². The summed E-state index contributed by atoms with van der Waals surface area (Å²) in [5, 5.41) is 2.96. The first-order valence-electron chi connectivity index (χ1n) is 10.9. The van der Waals surface area contributed by atoms with Gasteiger partial charge in [0, 0.05) is 23.4 Å². The van der Waals surface area contributed by atoms with Crippen LogP contribution >= 0.6 is 0 Å². The van der Waals surface area contributed by atoms with E-state index in [1.54, 1.807) is 36.3 Å². The van der Waals surface area contributed by atoms with Crippen molar-refractivity contribution in [1.82, 2.24) is 0 Å². The monoisotopic (exact) mass is 442 g/mol. The number of carbonyl (C=O) groups is 3. The minimum atomic E-state index is -0.465. The molecule has 3 aromatic carbocycles. The lowest BCUT2D eigenvalue weighted by Gasteiger charge is -2.41. The second-order valence-electron chi connectivity index (χ2n) is 8.09. The number of carbonyl (C=O) groups excluding carboxylic acids is 3. The molecule has 0 spiro atoms. The van der Waals surface area contributed by atoms with Crippen LogP contribution in [-0.2, 0) is 9.59 Å². The van der Waals surface area contributed by atoms with Gasteiger partial charge in [-0.2, -0.15) is 0 Å². The van der Waals surface area contributed by atoms with Gasteiger partial charge in [0.05, 0.1) is 19.1 Å². The van der Waals surface area contributed by atoms with Gasteiger partial charge in [-0.1, -0.05) is 42.5 Å². The van der Waals surface area contributed by atoms with Gasteiger partial charge in [-0.15, -0.1) is 0 Å². The van der Waals surface area contributed by atoms with E-state index < -0.39 is 12.0 Å². The number of ether oxygens (including phenoxy) is 1. The van der Waals surface area contributed by atoms with Crippen molar-refractivity contribution in [2.75, 3.05) is 17.3 Å². The van der Waals surface area contributed by atoms with Gasteiger partial charge < -0.3 is 15.0 Å². The number of benzene rings is 3. The Labute approximate surface area is 193 Å². The normalized spacial score (nSPS) is 18.0. The third-order valence-corrected chi connectivity index (χ3v) is 5.96. The number of anilines is 2. The van der Waals surface area contributed by atoms with Crippen LogP contribution in [0.3, 0.4) is 0 Å². The Morgan fingerprint density at radius 3 is 2.36 bits per heavy atom. The maximum Gasteiger partial charge on any atom is 0.229 e. The molecule has 168 valence electrons. The molecule has 0 aromatic heterocycles. The van der Waals surface area contributed by atoms with Crippen molar-refractivity contribution < 1.29 is 19.1 Å². The highest BCUT2D eigenvalue weighted by Gasteiger charge is 2.41. The van der Waals surface area contributed by atoms with Crippen LogP contribution in [0.5, 0.6) is 5.75 Å². The highest BCUT2D eigenvalue weighted by Crippen LogP contribution is 2.40. The van der Waals surface area contributed by atoms with Gasteiger partial charge in [-0.25, -0.2) is 0 Å². The van der Waals surface area contributed by atoms with Gasteiger partial charge in [0.15, 0.2) is 5.78 Å². The Morgan fingerprint density at radius 1 is 0.970 bits per heavy atom. The van der Waals surface area contributed by atoms with Crippen LogP contribution in [0.1, 0.15) is 41.7 Å². The highest BCUT2D eigenvalue weighted by atomic mass is 16.5. The Hall–Kier alpha value is -3.93. The maximum absolute atomic E-state index is 13.5. The molecule has 0 saturated carbocycles. The van der Waals surface area contributed by atoms with Crippen LogP contribution in [0.15, 0.2) is 78.9 Å². The molecule has 2 atom stereocenters. The zero-order valence-electron chi connectivity index (χ0n) is 18.7. The van der Waals surface area contributed by atoms with Crippen molar-refractivity contribution in [3.05, 3.63) is 90.0 Å². The quantitative estimate of drug-likeness (QED) is 0.544. The van der Waals surface area contributed by atoms with E-state index in [9.17, 15) is 14.4 Å². The SMILES string of the molecule is COc1ccc(N2C(=O)CC[C@H](C(=O)Nc3cccc(C(C)=O)c3)[C@H]2c2ccccc2)cc1. The number of ketones is 1. The summed E-state index contributed by atoms with van der Waals surface area (Å²) < 4.78 is 5.26. The lowest BCUT2D eigenvalue weighted by Crippen LogP contribution is -2.46. The second-order valence-corrected chi connectivity index (χ2v) is 8.09. The molecule has 3 aromatic rings. The minimum absolute atomic E-state index is 0.0309. The summed E-state index contributed by atoms with van der Waals surface area (Å²) in [5.41, 5.74) is 2.70. The molecule has 1 aliphatic rings. The number of rotatable bonds is 6. The number of piperidine rings is 1. The molecule has 1 aliphatic heterocycles. The summed E-state index contributed by atoms with van der Waals surface area (Å²) in [6.07, 6.45) is 0.699. The lowest BCUT2D eigenvalue weighted by molar-refractivity contribution is -0.125. The van der Waals surface area contributed by atoms with Gasteiger partial charge in [0.25, 0.3) is 0 Å². The Balaban J connectivity index is 1.70. The summed E-state index contributed by atoms with van der Waals surface area (Å²) in [6, 6.07) is 23.3. The predicted molar refractivity (Wildman–Crippen MR) is 127 cm³/mol. The first-order chi connectivity index (χ1) is 16.0. The molecule has 6 nitrogen and oxygen atoms in total. The van der Waals surface area contributed by atoms with E-state index in [1.807, 2.05) is 54.6 Å². The lowest BCUT2D eigenvalue weighted by atomic mass is 9.83. The molecule has 0 bridgehead atoms. The molecule has 1 saturated heterocycles. The summed E-state index contributed by atoms with van der Waals surface area (Å²) in [5.74, 6) is -0.0540. The summed E-state index contributed by atoms with van der Waals surface area (Å²) in [4.78, 5) is 40.0. The molecule has 2 amide bonds. The number of hydrogen-bond donors (Lipinski definition) is 1. The molecule has 0 aliphatic carbocycles. The fraction of sp³-hybridized carbons (Fsp3) is 0.222. The first-order valence-corrected chi connectivity index (χ1v) is 10.9. The van der Waals surface area contributed by atoms with Gasteiger partial charge in [-0.05, 0) is 55.3 Å². The summed E-state index contributed by atoms with van der Waals surface area (Å²) >= 11 is 0. The average molecular weight is 443 g/mol. The average Bonchev–Trinajstić information content (AvgIpc) is 2.84. The number of nitrogens with one attached hydrogen (secondary N) is 1. The van der Waals surface area contributed by atoms with Crippen molar-refractivity contribution in [3.63, 3.8) is 0 Å². The van der Waals surface area contributed by atoms with Crippen LogP contribution in [0.4, 0.5) is 11.4 Å². The zero-order chi connectivity index (χ0) is 23.4. The largest absolute Gasteiger partial charge is 0.497 e. The Morgan fingerprint density at radius 2 is 1.70 bits per heavy atom. The standard InChI is InChI=1S/C27H26N2O4/c1-18(30)20-9-6-10-21(17-20)28-27(32)24-15-16-25(31)29(22-11-13-23(33-2)14-12-22)26(24)19-7-4-3-5-8-19/h3-14,17,24,26H,15-16H2,1-2H3,(H,28,32)/t24-,26+/m0/s1. The molecular weight excluding hydrogens is 416 g/mol. The van der Waals surface area contributed by atoms with Gasteiger partial charge >= 0.3 is 0 Å². The molecule has 1 N–H and O–H groups in total. The molecule has 33 heavy (non-hydrogen) atoms. The van der Waals surface area contributed by atoms with E-state index in [1.165, 1.54) is 6.92 Å². The zero-order valence-corrected chi connectivity index (χ0v) is 18.7. The van der Waals surface area contributed by atoms with E-state index >= 15 is 0 Å². The van der Waals surface area contributed by atoms with Crippen molar-refractivity contribution in [2.24, 2.45) is 5.92 Å². The third-order valence-electron chi connectivity index (χ3n) is 5.96. The van der Waals surface area contributed by atoms with Gasteiger partial charge in [0.1, 0.15) is 5.75 Å². The van der Waals surface area contributed by atoms with Crippen molar-refractivity contribution in [2.45, 2.75) is 25.8 Å². The van der Waals surface area contributed by atoms with E-state index in [0.29, 0.717) is 29.1 Å². The van der Waals surface area contributed by atoms with Crippen molar-refractivity contribution in [1.29, 1.82) is 0 Å². The predicted octanol–water partition coefficient (Wildman–Crippen LogP) is 5.02. The van der Waals surface area contributed by atoms with Crippen LogP contribution in [0.2, 0.25) is 0 Å². The van der Waals surface area contributed by atoms with Gasteiger partial charge in [0.2, 0.25) is 11.8 Å². The summed E-state index contributed by atoms with van der Waals surface area (Å²) in [7, 11) is 1.59. The Bertz CT molecular complexity index is 1160. The molecule has 1 fully saturated rings. The molecule has 6 heteroatoms. The van der Waals surface area contributed by atoms with Crippen molar-refractivity contribution in [3.8, 4) is 5.75 Å². The molecule has 1 heterocycles. The van der Waals surface area contributed by atoms with Crippen LogP contribution in [-0.4, -0.2) is 24.7 Å². The fourth-order valence-electron chi connectivity index (χ4n) is 4.30. The minimum Gasteiger partial charge on any atom is -0.497 e. The van der Waals surface area contributed by atoms with Crippen LogP contribution in [0.25, 0.3) is 0 Å². The Kier molecular flexibility index (Phi) is 6.54. The topological polar surface area (TPSA) is 75.7 Å². The molecular formula is C27H26N2O4. The van der Waals surface area contributed by atoms with E-state index in [0.717, 1.165) is 5.56 Å². The number of nitrogens with zero attached hydrogens (tertiary/aromatic N) is 1. The summed E-state index contributed by atoms with van der Waals surface area (Å²) in [6.45, 7) is 1.49. The second kappa shape index (κ2) is 9.69. The highest BCUT2D eigenvalue weighted by molar-refractivity contribution is 6.01. The third kappa shape index (κ3) is 4.80. The maximum atomic E-state index is 13.5. The van der Waals surface area contributed by atoms with Gasteiger partial charge in [-0.3, -0.25) is 14.4 Å². The number of amides is 2. The molecule has 4 rings (SSSR count). The number of Topliss-reactive ketones (excluding diaryl/α,β-unsaturated/α-hetero) is 1. The molecule has 0 radical (unpaired) electrons. The van der Waals surface area contributed by atoms with Crippen LogP contribution < -0.4 is 15.0 Å². The van der Waals surface area contributed by atoms with E-state index in [4.69, 9.17) is 4.74 Å². The fourth-order valence-corrected chi connectivity index (χ4v) is 4.30. The first kappa shape index (κ1) is 22.3. The van der Waals surface area contributed by atoms with Crippen molar-refractivity contribution >= 4 is 29.0 Å². The number of methoxy groups -OCH3 is 1. The van der Waals surface area contributed by atoms with Crippen LogP contribution in [0, 0.1) is 5.92 Å². The number of hydrogen-bond acceptors (Lipinski definition) is 4.